The predicted molar refractivity (Wildman–Crippen MR) is 93.0 cm³/mol. The molecule has 0 unspecified atom stereocenters. The number of hydrogen-bond acceptors (Lipinski definition) is 5. The van der Waals surface area contributed by atoms with Crippen LogP contribution in [0.4, 0.5) is 0 Å². The van der Waals surface area contributed by atoms with Crippen molar-refractivity contribution >= 4 is 28.4 Å². The Bertz CT molecular complexity index is 928. The molecule has 0 saturated heterocycles. The summed E-state index contributed by atoms with van der Waals surface area (Å²) in [6.45, 7) is 3.98. The molecule has 3 rings (SSSR count). The Morgan fingerprint density at radius 3 is 2.48 bits per heavy atom. The second-order valence-electron chi connectivity index (χ2n) is 5.33. The van der Waals surface area contributed by atoms with E-state index in [1.807, 2.05) is 28.7 Å². The molecular formula is C19H19NO5. The monoisotopic (exact) mass is 341 g/mol. The summed E-state index contributed by atoms with van der Waals surface area (Å²) < 4.78 is 17.4. The lowest BCUT2D eigenvalue weighted by molar-refractivity contribution is -0.145. The van der Waals surface area contributed by atoms with Crippen molar-refractivity contribution < 1.29 is 23.8 Å². The van der Waals surface area contributed by atoms with Crippen LogP contribution in [0.5, 0.6) is 5.75 Å². The van der Waals surface area contributed by atoms with Crippen LogP contribution in [0, 0.1) is 0 Å². The van der Waals surface area contributed by atoms with E-state index >= 15 is 0 Å². The Kier molecular flexibility index (Phi) is 4.88. The van der Waals surface area contributed by atoms with Gasteiger partial charge in [0.25, 0.3) is 0 Å². The highest BCUT2D eigenvalue weighted by Crippen LogP contribution is 2.29. The number of ether oxygens (including phenoxy) is 3. The minimum atomic E-state index is -0.424. The summed E-state index contributed by atoms with van der Waals surface area (Å²) in [4.78, 5) is 23.8. The van der Waals surface area contributed by atoms with Gasteiger partial charge < -0.3 is 18.6 Å². The van der Waals surface area contributed by atoms with Crippen LogP contribution in [-0.4, -0.2) is 36.2 Å². The third kappa shape index (κ3) is 3.28. The number of carbonyl (C=O) groups excluding carboxylic acids is 2. The van der Waals surface area contributed by atoms with E-state index in [1.54, 1.807) is 32.2 Å². The zero-order valence-corrected chi connectivity index (χ0v) is 14.2. The molecule has 2 aromatic heterocycles. The van der Waals surface area contributed by atoms with Gasteiger partial charge in [0.2, 0.25) is 0 Å². The van der Waals surface area contributed by atoms with Crippen LogP contribution in [-0.2, 0) is 14.3 Å². The maximum Gasteiger partial charge on any atom is 0.344 e. The summed E-state index contributed by atoms with van der Waals surface area (Å²) >= 11 is 0. The van der Waals surface area contributed by atoms with Gasteiger partial charge in [0, 0.05) is 5.39 Å². The fourth-order valence-electron chi connectivity index (χ4n) is 2.77. The fraction of sp³-hybridized carbons (Fsp3) is 0.263. The van der Waals surface area contributed by atoms with E-state index < -0.39 is 5.97 Å². The van der Waals surface area contributed by atoms with Crippen LogP contribution in [0.3, 0.4) is 0 Å². The van der Waals surface area contributed by atoms with E-state index in [1.165, 1.54) is 0 Å². The molecule has 0 saturated carbocycles. The smallest absolute Gasteiger partial charge is 0.344 e. The van der Waals surface area contributed by atoms with Crippen molar-refractivity contribution in [2.24, 2.45) is 0 Å². The van der Waals surface area contributed by atoms with Gasteiger partial charge in [-0.1, -0.05) is 18.2 Å². The first kappa shape index (κ1) is 16.8. The molecule has 1 aromatic carbocycles. The molecule has 0 N–H and O–H groups in total. The molecule has 0 spiro atoms. The van der Waals surface area contributed by atoms with E-state index in [0.717, 1.165) is 16.4 Å². The SMILES string of the molecule is CCOC(=O)COc1ccc2c(C(=O)OCC)c3ccccc3n2c1. The minimum Gasteiger partial charge on any atom is -0.480 e. The number of aromatic nitrogens is 1. The summed E-state index contributed by atoms with van der Waals surface area (Å²) in [5.74, 6) is -0.273. The number of rotatable bonds is 6. The highest BCUT2D eigenvalue weighted by molar-refractivity contribution is 6.11. The number of carbonyl (C=O) groups is 2. The van der Waals surface area contributed by atoms with Gasteiger partial charge in [-0.05, 0) is 32.0 Å². The van der Waals surface area contributed by atoms with Crippen molar-refractivity contribution in [2.75, 3.05) is 19.8 Å². The van der Waals surface area contributed by atoms with Crippen molar-refractivity contribution in [3.8, 4) is 5.75 Å². The molecule has 6 heteroatoms. The van der Waals surface area contributed by atoms with E-state index in [9.17, 15) is 9.59 Å². The lowest BCUT2D eigenvalue weighted by Gasteiger charge is -2.07. The van der Waals surface area contributed by atoms with Crippen LogP contribution in [0.15, 0.2) is 42.6 Å². The van der Waals surface area contributed by atoms with E-state index in [0.29, 0.717) is 24.5 Å². The molecule has 0 atom stereocenters. The van der Waals surface area contributed by atoms with Crippen molar-refractivity contribution in [3.63, 3.8) is 0 Å². The first-order valence-corrected chi connectivity index (χ1v) is 8.14. The van der Waals surface area contributed by atoms with Crippen molar-refractivity contribution in [3.05, 3.63) is 48.2 Å². The zero-order valence-electron chi connectivity index (χ0n) is 14.2. The number of nitrogens with zero attached hydrogens (tertiary/aromatic N) is 1. The zero-order chi connectivity index (χ0) is 17.8. The lowest BCUT2D eigenvalue weighted by Crippen LogP contribution is -2.14. The van der Waals surface area contributed by atoms with Gasteiger partial charge in [-0.3, -0.25) is 0 Å². The Balaban J connectivity index is 2.03. The summed E-state index contributed by atoms with van der Waals surface area (Å²) in [7, 11) is 0. The molecule has 3 aromatic rings. The number of hydrogen-bond donors (Lipinski definition) is 0. The highest BCUT2D eigenvalue weighted by atomic mass is 16.6. The van der Waals surface area contributed by atoms with E-state index in [2.05, 4.69) is 0 Å². The first-order valence-electron chi connectivity index (χ1n) is 8.14. The van der Waals surface area contributed by atoms with Crippen molar-refractivity contribution in [2.45, 2.75) is 13.8 Å². The number of benzene rings is 1. The molecule has 0 aliphatic rings. The average molecular weight is 341 g/mol. The van der Waals surface area contributed by atoms with Gasteiger partial charge in [0.15, 0.2) is 6.61 Å². The van der Waals surface area contributed by atoms with Gasteiger partial charge in [-0.25, -0.2) is 9.59 Å². The second-order valence-corrected chi connectivity index (χ2v) is 5.33. The summed E-state index contributed by atoms with van der Waals surface area (Å²) in [6, 6.07) is 11.1. The predicted octanol–water partition coefficient (Wildman–Crippen LogP) is 3.21. The van der Waals surface area contributed by atoms with Gasteiger partial charge >= 0.3 is 11.9 Å². The number of pyridine rings is 1. The maximum atomic E-state index is 12.4. The highest BCUT2D eigenvalue weighted by Gasteiger charge is 2.19. The molecule has 2 heterocycles. The van der Waals surface area contributed by atoms with Gasteiger partial charge in [-0.15, -0.1) is 0 Å². The molecule has 0 aliphatic heterocycles. The lowest BCUT2D eigenvalue weighted by atomic mass is 10.1. The van der Waals surface area contributed by atoms with Crippen LogP contribution < -0.4 is 4.74 Å². The molecule has 130 valence electrons. The molecule has 0 aliphatic carbocycles. The standard InChI is InChI=1S/C19H19NO5/c1-3-23-17(21)12-25-13-9-10-16-18(19(22)24-4-2)14-7-5-6-8-15(14)20(16)11-13/h5-11H,3-4,12H2,1-2H3. The Labute approximate surface area is 144 Å². The molecule has 6 nitrogen and oxygen atoms in total. The third-order valence-electron chi connectivity index (χ3n) is 3.75. The number of esters is 2. The quantitative estimate of drug-likeness (QED) is 0.644. The van der Waals surface area contributed by atoms with Crippen LogP contribution >= 0.6 is 0 Å². The Morgan fingerprint density at radius 2 is 1.72 bits per heavy atom. The van der Waals surface area contributed by atoms with Crippen LogP contribution in [0.2, 0.25) is 0 Å². The van der Waals surface area contributed by atoms with E-state index in [-0.39, 0.29) is 12.6 Å². The largest absolute Gasteiger partial charge is 0.480 e. The molecule has 25 heavy (non-hydrogen) atoms. The van der Waals surface area contributed by atoms with Gasteiger partial charge in [-0.2, -0.15) is 0 Å². The minimum absolute atomic E-state index is 0.163. The molecule has 0 fully saturated rings. The number of fused-ring (bicyclic) bond motifs is 3. The van der Waals surface area contributed by atoms with Gasteiger partial charge in [0.1, 0.15) is 5.75 Å². The van der Waals surface area contributed by atoms with Crippen LogP contribution in [0.25, 0.3) is 16.4 Å². The van der Waals surface area contributed by atoms with E-state index in [4.69, 9.17) is 14.2 Å². The van der Waals surface area contributed by atoms with Gasteiger partial charge in [0.05, 0.1) is 36.0 Å². The first-order chi connectivity index (χ1) is 12.2. The molecule has 0 amide bonds. The molecular weight excluding hydrogens is 322 g/mol. The Morgan fingerprint density at radius 1 is 0.960 bits per heavy atom. The molecule has 0 bridgehead atoms. The van der Waals surface area contributed by atoms with Crippen molar-refractivity contribution in [1.29, 1.82) is 0 Å². The average Bonchev–Trinajstić information content (AvgIpc) is 2.94. The second kappa shape index (κ2) is 7.25. The summed E-state index contributed by atoms with van der Waals surface area (Å²) in [5, 5.41) is 0.809. The normalized spacial score (nSPS) is 10.8. The van der Waals surface area contributed by atoms with Crippen molar-refractivity contribution in [1.82, 2.24) is 4.40 Å². The third-order valence-corrected chi connectivity index (χ3v) is 3.75. The fourth-order valence-corrected chi connectivity index (χ4v) is 2.77. The topological polar surface area (TPSA) is 66.2 Å². The summed E-state index contributed by atoms with van der Waals surface area (Å²) in [6.07, 6.45) is 1.75. The molecule has 0 radical (unpaired) electrons. The maximum absolute atomic E-state index is 12.4. The summed E-state index contributed by atoms with van der Waals surface area (Å²) in [5.41, 5.74) is 2.11. The van der Waals surface area contributed by atoms with Crippen LogP contribution in [0.1, 0.15) is 24.2 Å². The Hall–Kier alpha value is -3.02. The number of para-hydroxylation sites is 1.